The van der Waals surface area contributed by atoms with Crippen molar-refractivity contribution < 1.29 is 19.1 Å². The maximum atomic E-state index is 12.5. The Bertz CT molecular complexity index is 1200. The number of nitrogens with zero attached hydrogens (tertiary/aromatic N) is 3. The van der Waals surface area contributed by atoms with Crippen LogP contribution in [0.1, 0.15) is 37.3 Å². The second-order valence-corrected chi connectivity index (χ2v) is 8.98. The van der Waals surface area contributed by atoms with E-state index in [0.29, 0.717) is 37.6 Å². The minimum absolute atomic E-state index is 0.00948. The summed E-state index contributed by atoms with van der Waals surface area (Å²) in [5.74, 6) is 2.10. The molecule has 0 bridgehead atoms. The fourth-order valence-corrected chi connectivity index (χ4v) is 4.30. The van der Waals surface area contributed by atoms with Crippen LogP contribution in [0.5, 0.6) is 11.5 Å². The molecule has 0 spiro atoms. The van der Waals surface area contributed by atoms with E-state index >= 15 is 0 Å². The Hall–Kier alpha value is -4.14. The first-order valence-electron chi connectivity index (χ1n) is 12.6. The summed E-state index contributed by atoms with van der Waals surface area (Å²) in [5.41, 5.74) is 7.10. The number of aryl methyl sites for hydroxylation is 1. The summed E-state index contributed by atoms with van der Waals surface area (Å²) < 4.78 is 12.0. The number of aromatic nitrogens is 2. The van der Waals surface area contributed by atoms with E-state index in [9.17, 15) is 9.59 Å². The standard InChI is InChI=1S/C28H33N5O4/c1-2-36-23-7-3-4-8-24(23)37-22-6-5-15-33(19-22)27-18-30-17-26(31-27)32-28(35)14-13-20-9-11-21(12-10-20)16-25(29)34/h3-4,7-12,17-18,22H,2,5-6,13-16,19H2,1H3,(H2,29,34)(H,31,32,35)/t22-/m1/s1. The van der Waals surface area contributed by atoms with Gasteiger partial charge in [0.15, 0.2) is 17.3 Å². The van der Waals surface area contributed by atoms with Crippen LogP contribution in [0.3, 0.4) is 0 Å². The number of nitrogens with one attached hydrogen (secondary N) is 1. The first-order chi connectivity index (χ1) is 18.0. The van der Waals surface area contributed by atoms with Gasteiger partial charge in [0.1, 0.15) is 11.9 Å². The smallest absolute Gasteiger partial charge is 0.225 e. The number of rotatable bonds is 11. The molecule has 37 heavy (non-hydrogen) atoms. The van der Waals surface area contributed by atoms with E-state index in [0.717, 1.165) is 42.0 Å². The Balaban J connectivity index is 1.31. The van der Waals surface area contributed by atoms with Crippen LogP contribution in [0.4, 0.5) is 11.6 Å². The van der Waals surface area contributed by atoms with E-state index in [1.54, 1.807) is 12.4 Å². The summed E-state index contributed by atoms with van der Waals surface area (Å²) >= 11 is 0. The van der Waals surface area contributed by atoms with Crippen LogP contribution in [-0.2, 0) is 22.4 Å². The third-order valence-electron chi connectivity index (χ3n) is 6.08. The summed E-state index contributed by atoms with van der Waals surface area (Å²) in [5, 5.41) is 2.85. The SMILES string of the molecule is CCOc1ccccc1O[C@@H]1CCCN(c2cncc(NC(=O)CCc3ccc(CC(N)=O)cc3)n2)C1. The van der Waals surface area contributed by atoms with Crippen molar-refractivity contribution >= 4 is 23.5 Å². The molecular formula is C28H33N5O4. The van der Waals surface area contributed by atoms with E-state index in [1.807, 2.05) is 55.5 Å². The quantitative estimate of drug-likeness (QED) is 0.411. The molecule has 9 nitrogen and oxygen atoms in total. The van der Waals surface area contributed by atoms with Gasteiger partial charge in [-0.3, -0.25) is 14.6 Å². The molecule has 194 valence electrons. The summed E-state index contributed by atoms with van der Waals surface area (Å²) in [6.07, 6.45) is 6.23. The van der Waals surface area contributed by atoms with Gasteiger partial charge in [-0.05, 0) is 49.4 Å². The topological polar surface area (TPSA) is 120 Å². The van der Waals surface area contributed by atoms with Gasteiger partial charge in [0, 0.05) is 13.0 Å². The molecule has 1 aromatic heterocycles. The maximum absolute atomic E-state index is 12.5. The van der Waals surface area contributed by atoms with Gasteiger partial charge >= 0.3 is 0 Å². The first kappa shape index (κ1) is 25.9. The van der Waals surface area contributed by atoms with E-state index in [4.69, 9.17) is 15.2 Å². The minimum Gasteiger partial charge on any atom is -0.490 e. The minimum atomic E-state index is -0.366. The highest BCUT2D eigenvalue weighted by Crippen LogP contribution is 2.30. The number of anilines is 2. The highest BCUT2D eigenvalue weighted by atomic mass is 16.5. The van der Waals surface area contributed by atoms with E-state index in [1.165, 1.54) is 0 Å². The van der Waals surface area contributed by atoms with Crippen molar-refractivity contribution in [1.82, 2.24) is 9.97 Å². The zero-order valence-electron chi connectivity index (χ0n) is 21.1. The molecule has 2 heterocycles. The van der Waals surface area contributed by atoms with Crippen LogP contribution in [0, 0.1) is 0 Å². The lowest BCUT2D eigenvalue weighted by molar-refractivity contribution is -0.117. The van der Waals surface area contributed by atoms with Crippen molar-refractivity contribution in [2.75, 3.05) is 29.9 Å². The van der Waals surface area contributed by atoms with Crippen molar-refractivity contribution in [3.05, 3.63) is 72.1 Å². The summed E-state index contributed by atoms with van der Waals surface area (Å²) in [6.45, 7) is 4.03. The lowest BCUT2D eigenvalue weighted by Crippen LogP contribution is -2.41. The lowest BCUT2D eigenvalue weighted by Gasteiger charge is -2.33. The number of hydrogen-bond acceptors (Lipinski definition) is 7. The molecule has 3 N–H and O–H groups in total. The molecule has 0 aliphatic carbocycles. The molecule has 0 radical (unpaired) electrons. The van der Waals surface area contributed by atoms with Gasteiger partial charge < -0.3 is 25.4 Å². The van der Waals surface area contributed by atoms with E-state index in [-0.39, 0.29) is 24.3 Å². The predicted octanol–water partition coefficient (Wildman–Crippen LogP) is 3.52. The molecule has 2 amide bonds. The largest absolute Gasteiger partial charge is 0.490 e. The summed E-state index contributed by atoms with van der Waals surface area (Å²) in [7, 11) is 0. The van der Waals surface area contributed by atoms with Gasteiger partial charge in [-0.15, -0.1) is 0 Å². The highest BCUT2D eigenvalue weighted by molar-refractivity contribution is 5.89. The summed E-state index contributed by atoms with van der Waals surface area (Å²) in [4.78, 5) is 34.6. The normalized spacial score (nSPS) is 15.2. The van der Waals surface area contributed by atoms with Gasteiger partial charge in [0.2, 0.25) is 11.8 Å². The van der Waals surface area contributed by atoms with Crippen LogP contribution in [0.2, 0.25) is 0 Å². The molecule has 4 rings (SSSR count). The van der Waals surface area contributed by atoms with Crippen molar-refractivity contribution in [1.29, 1.82) is 0 Å². The molecule has 1 saturated heterocycles. The molecule has 2 aromatic carbocycles. The Morgan fingerprint density at radius 3 is 2.59 bits per heavy atom. The number of nitrogens with two attached hydrogens (primary N) is 1. The number of benzene rings is 2. The number of para-hydroxylation sites is 2. The number of primary amides is 1. The van der Waals surface area contributed by atoms with E-state index < -0.39 is 0 Å². The fourth-order valence-electron chi connectivity index (χ4n) is 4.30. The third kappa shape index (κ3) is 7.67. The molecule has 0 saturated carbocycles. The van der Waals surface area contributed by atoms with Gasteiger partial charge in [0.25, 0.3) is 0 Å². The molecular weight excluding hydrogens is 470 g/mol. The first-order valence-corrected chi connectivity index (χ1v) is 12.6. The van der Waals surface area contributed by atoms with Gasteiger partial charge in [-0.25, -0.2) is 4.98 Å². The molecule has 1 aliphatic heterocycles. The van der Waals surface area contributed by atoms with Crippen LogP contribution in [0.15, 0.2) is 60.9 Å². The Labute approximate surface area is 217 Å². The zero-order valence-corrected chi connectivity index (χ0v) is 21.1. The molecule has 1 fully saturated rings. The molecule has 9 heteroatoms. The number of ether oxygens (including phenoxy) is 2. The van der Waals surface area contributed by atoms with Gasteiger partial charge in [-0.2, -0.15) is 0 Å². The predicted molar refractivity (Wildman–Crippen MR) is 142 cm³/mol. The number of piperidine rings is 1. The highest BCUT2D eigenvalue weighted by Gasteiger charge is 2.24. The van der Waals surface area contributed by atoms with Crippen molar-refractivity contribution in [2.24, 2.45) is 5.73 Å². The molecule has 3 aromatic rings. The van der Waals surface area contributed by atoms with Gasteiger partial charge in [-0.1, -0.05) is 36.4 Å². The fraction of sp³-hybridized carbons (Fsp3) is 0.357. The van der Waals surface area contributed by atoms with Gasteiger partial charge in [0.05, 0.1) is 32.0 Å². The Morgan fingerprint density at radius 1 is 1.08 bits per heavy atom. The van der Waals surface area contributed by atoms with Crippen LogP contribution in [-0.4, -0.2) is 47.6 Å². The summed E-state index contributed by atoms with van der Waals surface area (Å²) in [6, 6.07) is 15.3. The number of hydrogen-bond donors (Lipinski definition) is 2. The van der Waals surface area contributed by atoms with Crippen molar-refractivity contribution in [3.8, 4) is 11.5 Å². The van der Waals surface area contributed by atoms with Crippen molar-refractivity contribution in [2.45, 2.75) is 45.1 Å². The third-order valence-corrected chi connectivity index (χ3v) is 6.08. The van der Waals surface area contributed by atoms with Crippen LogP contribution in [0.25, 0.3) is 0 Å². The van der Waals surface area contributed by atoms with Crippen LogP contribution < -0.4 is 25.4 Å². The maximum Gasteiger partial charge on any atom is 0.225 e. The Kier molecular flexibility index (Phi) is 8.91. The Morgan fingerprint density at radius 2 is 1.84 bits per heavy atom. The molecule has 1 aliphatic rings. The average molecular weight is 504 g/mol. The number of amides is 2. The lowest BCUT2D eigenvalue weighted by atomic mass is 10.1. The number of carbonyl (C=O) groups is 2. The molecule has 0 unspecified atom stereocenters. The van der Waals surface area contributed by atoms with E-state index in [2.05, 4.69) is 20.2 Å². The molecule has 1 atom stereocenters. The van der Waals surface area contributed by atoms with Crippen molar-refractivity contribution in [3.63, 3.8) is 0 Å². The second kappa shape index (κ2) is 12.7. The zero-order chi connectivity index (χ0) is 26.0. The number of carbonyl (C=O) groups excluding carboxylic acids is 2. The second-order valence-electron chi connectivity index (χ2n) is 8.98. The average Bonchev–Trinajstić information content (AvgIpc) is 2.90. The van der Waals surface area contributed by atoms with Crippen LogP contribution >= 0.6 is 0 Å². The monoisotopic (exact) mass is 503 g/mol.